The Morgan fingerprint density at radius 1 is 1.21 bits per heavy atom. The first-order chi connectivity index (χ1) is 6.48. The van der Waals surface area contributed by atoms with Gasteiger partial charge in [-0.3, -0.25) is 0 Å². The average molecular weight is 267 g/mol. The fourth-order valence-electron chi connectivity index (χ4n) is 1.96. The molecule has 1 aliphatic carbocycles. The van der Waals surface area contributed by atoms with Crippen LogP contribution in [0.25, 0.3) is 6.08 Å². The third kappa shape index (κ3) is 1.73. The molecule has 0 unspecified atom stereocenters. The van der Waals surface area contributed by atoms with Gasteiger partial charge in [-0.1, -0.05) is 52.9 Å². The summed E-state index contributed by atoms with van der Waals surface area (Å²) in [5.41, 5.74) is 2.98. The van der Waals surface area contributed by atoms with Crippen LogP contribution < -0.4 is 5.19 Å². The van der Waals surface area contributed by atoms with E-state index in [-0.39, 0.29) is 0 Å². The fourth-order valence-corrected chi connectivity index (χ4v) is 4.32. The predicted molar refractivity (Wildman–Crippen MR) is 69.9 cm³/mol. The molecule has 0 radical (unpaired) electrons. The van der Waals surface area contributed by atoms with Crippen LogP contribution in [0, 0.1) is 0 Å². The Morgan fingerprint density at radius 2 is 1.93 bits per heavy atom. The van der Waals surface area contributed by atoms with Crippen molar-refractivity contribution in [2.24, 2.45) is 0 Å². The number of fused-ring (bicyclic) bond motifs is 1. The normalized spacial score (nSPS) is 14.6. The maximum absolute atomic E-state index is 3.60. The topological polar surface area (TPSA) is 0 Å². The van der Waals surface area contributed by atoms with Gasteiger partial charge in [0.1, 0.15) is 0 Å². The smallest absolute Gasteiger partial charge is 0.0784 e. The van der Waals surface area contributed by atoms with E-state index in [0.717, 1.165) is 6.42 Å². The first kappa shape index (κ1) is 10.2. The van der Waals surface area contributed by atoms with Gasteiger partial charge in [0, 0.05) is 4.47 Å². The molecule has 0 fully saturated rings. The van der Waals surface area contributed by atoms with Gasteiger partial charge in [0.2, 0.25) is 0 Å². The molecular weight excluding hydrogens is 252 g/mol. The van der Waals surface area contributed by atoms with Gasteiger partial charge in [0.15, 0.2) is 0 Å². The first-order valence-electron chi connectivity index (χ1n) is 4.98. The zero-order chi connectivity index (χ0) is 10.3. The summed E-state index contributed by atoms with van der Waals surface area (Å²) < 4.78 is 1.23. The largest absolute Gasteiger partial charge is 0.0795 e. The maximum Gasteiger partial charge on any atom is 0.0784 e. The van der Waals surface area contributed by atoms with Crippen molar-refractivity contribution in [2.45, 2.75) is 26.1 Å². The molecule has 0 amide bonds. The summed E-state index contributed by atoms with van der Waals surface area (Å²) in [6, 6.07) is 4.56. The summed E-state index contributed by atoms with van der Waals surface area (Å²) in [5, 5.41) is 1.58. The van der Waals surface area contributed by atoms with Gasteiger partial charge in [0.05, 0.1) is 8.07 Å². The third-order valence-corrected chi connectivity index (χ3v) is 5.15. The number of hydrogen-bond acceptors (Lipinski definition) is 0. The monoisotopic (exact) mass is 266 g/mol. The van der Waals surface area contributed by atoms with Crippen LogP contribution in [-0.4, -0.2) is 8.07 Å². The summed E-state index contributed by atoms with van der Waals surface area (Å²) in [6.45, 7) is 7.21. The molecule has 0 bridgehead atoms. The molecule has 0 atom stereocenters. The molecule has 0 saturated heterocycles. The minimum Gasteiger partial charge on any atom is -0.0795 e. The third-order valence-electron chi connectivity index (χ3n) is 2.66. The molecule has 2 rings (SSSR count). The Labute approximate surface area is 95.2 Å². The Morgan fingerprint density at radius 3 is 2.57 bits per heavy atom. The van der Waals surface area contributed by atoms with Gasteiger partial charge in [0.25, 0.3) is 0 Å². The van der Waals surface area contributed by atoms with Crippen molar-refractivity contribution in [3.8, 4) is 0 Å². The molecule has 0 spiro atoms. The van der Waals surface area contributed by atoms with E-state index in [9.17, 15) is 0 Å². The summed E-state index contributed by atoms with van der Waals surface area (Å²) in [4.78, 5) is 0. The Kier molecular flexibility index (Phi) is 2.44. The van der Waals surface area contributed by atoms with Gasteiger partial charge >= 0.3 is 0 Å². The minimum absolute atomic E-state index is 1.10. The van der Waals surface area contributed by atoms with Gasteiger partial charge in [-0.05, 0) is 29.7 Å². The molecular formula is C12H15BrSi. The summed E-state index contributed by atoms with van der Waals surface area (Å²) in [7, 11) is -1.20. The Hall–Kier alpha value is -0.343. The molecule has 0 N–H and O–H groups in total. The van der Waals surface area contributed by atoms with Gasteiger partial charge in [-0.15, -0.1) is 0 Å². The molecule has 74 valence electrons. The number of benzene rings is 1. The van der Waals surface area contributed by atoms with Crippen molar-refractivity contribution < 1.29 is 0 Å². The van der Waals surface area contributed by atoms with E-state index < -0.39 is 8.07 Å². The summed E-state index contributed by atoms with van der Waals surface area (Å²) in [5.74, 6) is 0. The summed E-state index contributed by atoms with van der Waals surface area (Å²) in [6.07, 6.45) is 5.66. The lowest BCUT2D eigenvalue weighted by molar-refractivity contribution is 1.31. The van der Waals surface area contributed by atoms with Crippen LogP contribution in [0.3, 0.4) is 0 Å². The highest BCUT2D eigenvalue weighted by molar-refractivity contribution is 9.10. The fraction of sp³-hybridized carbons (Fsp3) is 0.333. The van der Waals surface area contributed by atoms with Gasteiger partial charge in [-0.25, -0.2) is 0 Å². The van der Waals surface area contributed by atoms with Crippen LogP contribution >= 0.6 is 15.9 Å². The number of hydrogen-bond donors (Lipinski definition) is 0. The molecule has 1 aromatic rings. The molecule has 0 aromatic heterocycles. The SMILES string of the molecule is C[Si](C)(C)c1cc(Br)cc2c1C=CC2. The summed E-state index contributed by atoms with van der Waals surface area (Å²) >= 11 is 3.60. The van der Waals surface area contributed by atoms with E-state index in [2.05, 4.69) is 59.9 Å². The second kappa shape index (κ2) is 3.35. The predicted octanol–water partition coefficient (Wildman–Crippen LogP) is 3.56. The van der Waals surface area contributed by atoms with E-state index in [1.165, 1.54) is 15.6 Å². The minimum atomic E-state index is -1.20. The van der Waals surface area contributed by atoms with Crippen LogP contribution in [0.1, 0.15) is 11.1 Å². The Bertz CT molecular complexity index is 400. The first-order valence-corrected chi connectivity index (χ1v) is 9.27. The van der Waals surface area contributed by atoms with Crippen LogP contribution in [0.5, 0.6) is 0 Å². The van der Waals surface area contributed by atoms with Crippen LogP contribution in [0.15, 0.2) is 22.7 Å². The molecule has 2 heteroatoms. The lowest BCUT2D eigenvalue weighted by Crippen LogP contribution is -2.39. The molecule has 0 aliphatic heterocycles. The van der Waals surface area contributed by atoms with Crippen molar-refractivity contribution in [3.63, 3.8) is 0 Å². The zero-order valence-electron chi connectivity index (χ0n) is 8.89. The highest BCUT2D eigenvalue weighted by Crippen LogP contribution is 2.24. The average Bonchev–Trinajstić information content (AvgIpc) is 2.47. The van der Waals surface area contributed by atoms with E-state index in [1.54, 1.807) is 5.19 Å². The van der Waals surface area contributed by atoms with Crippen LogP contribution in [0.4, 0.5) is 0 Å². The van der Waals surface area contributed by atoms with Crippen molar-refractivity contribution in [1.82, 2.24) is 0 Å². The number of halogens is 1. The second-order valence-corrected chi connectivity index (χ2v) is 10.8. The lowest BCUT2D eigenvalue weighted by atomic mass is 10.1. The highest BCUT2D eigenvalue weighted by atomic mass is 79.9. The second-order valence-electron chi connectivity index (χ2n) is 4.88. The molecule has 0 nitrogen and oxygen atoms in total. The number of allylic oxidation sites excluding steroid dienone is 1. The van der Waals surface area contributed by atoms with Crippen molar-refractivity contribution in [1.29, 1.82) is 0 Å². The molecule has 0 saturated carbocycles. The van der Waals surface area contributed by atoms with Crippen molar-refractivity contribution in [3.05, 3.63) is 33.8 Å². The van der Waals surface area contributed by atoms with Crippen LogP contribution in [-0.2, 0) is 6.42 Å². The van der Waals surface area contributed by atoms with Gasteiger partial charge in [-0.2, -0.15) is 0 Å². The van der Waals surface area contributed by atoms with E-state index in [4.69, 9.17) is 0 Å². The quantitative estimate of drug-likeness (QED) is 0.682. The Balaban J connectivity index is 2.65. The van der Waals surface area contributed by atoms with Crippen molar-refractivity contribution in [2.75, 3.05) is 0 Å². The molecule has 1 aromatic carbocycles. The zero-order valence-corrected chi connectivity index (χ0v) is 11.5. The van der Waals surface area contributed by atoms with Gasteiger partial charge < -0.3 is 0 Å². The van der Waals surface area contributed by atoms with E-state index in [0.29, 0.717) is 0 Å². The highest BCUT2D eigenvalue weighted by Gasteiger charge is 2.22. The maximum atomic E-state index is 3.60. The molecule has 14 heavy (non-hydrogen) atoms. The molecule has 0 heterocycles. The van der Waals surface area contributed by atoms with E-state index in [1.807, 2.05) is 0 Å². The molecule has 1 aliphatic rings. The number of rotatable bonds is 1. The van der Waals surface area contributed by atoms with Crippen LogP contribution in [0.2, 0.25) is 19.6 Å². The van der Waals surface area contributed by atoms with E-state index >= 15 is 0 Å². The lowest BCUT2D eigenvalue weighted by Gasteiger charge is -2.20. The standard InChI is InChI=1S/C12H15BrSi/c1-14(2,3)12-8-10(13)7-9-5-4-6-11(9)12/h4,6-8H,5H2,1-3H3. The van der Waals surface area contributed by atoms with Crippen molar-refractivity contribution >= 4 is 35.3 Å².